The first-order valence-corrected chi connectivity index (χ1v) is 8.20. The lowest BCUT2D eigenvalue weighted by Crippen LogP contribution is -2.34. The van der Waals surface area contributed by atoms with Crippen molar-refractivity contribution in [2.45, 2.75) is 32.7 Å². The number of aromatic nitrogens is 1. The molecule has 1 aromatic carbocycles. The number of hydrogen-bond acceptors (Lipinski definition) is 5. The van der Waals surface area contributed by atoms with Gasteiger partial charge in [-0.1, -0.05) is 5.16 Å². The Labute approximate surface area is 145 Å². The number of nitrogens with one attached hydrogen (secondary N) is 1. The number of carbonyl (C=O) groups is 2. The molecule has 1 aliphatic rings. The zero-order valence-corrected chi connectivity index (χ0v) is 14.5. The van der Waals surface area contributed by atoms with E-state index in [2.05, 4.69) is 15.2 Å². The lowest BCUT2D eigenvalue weighted by Gasteiger charge is -2.25. The Kier molecular flexibility index (Phi) is 4.74. The molecule has 1 aromatic heterocycles. The van der Waals surface area contributed by atoms with E-state index in [0.717, 1.165) is 29.9 Å². The van der Waals surface area contributed by atoms with Gasteiger partial charge in [0.25, 0.3) is 0 Å². The number of methoxy groups -OCH3 is 1. The average molecular weight is 343 g/mol. The molecule has 1 aliphatic heterocycles. The van der Waals surface area contributed by atoms with Gasteiger partial charge in [-0.2, -0.15) is 0 Å². The summed E-state index contributed by atoms with van der Waals surface area (Å²) in [7, 11) is 1.33. The van der Waals surface area contributed by atoms with Crippen LogP contribution in [0, 0.1) is 13.8 Å². The van der Waals surface area contributed by atoms with Gasteiger partial charge in [-0.15, -0.1) is 0 Å². The Bertz CT molecular complexity index is 763. The number of nitrogens with zero attached hydrogens (tertiary/aromatic N) is 2. The lowest BCUT2D eigenvalue weighted by molar-refractivity contribution is 0.0600. The van der Waals surface area contributed by atoms with Crippen molar-refractivity contribution in [1.29, 1.82) is 0 Å². The first-order valence-electron chi connectivity index (χ1n) is 8.20. The van der Waals surface area contributed by atoms with Crippen molar-refractivity contribution in [3.63, 3.8) is 0 Å². The topological polar surface area (TPSA) is 84.7 Å². The van der Waals surface area contributed by atoms with E-state index in [1.807, 2.05) is 13.8 Å². The van der Waals surface area contributed by atoms with Crippen LogP contribution in [0.3, 0.4) is 0 Å². The number of rotatable bonds is 3. The summed E-state index contributed by atoms with van der Waals surface area (Å²) in [5, 5.41) is 6.88. The Morgan fingerprint density at radius 3 is 2.60 bits per heavy atom. The van der Waals surface area contributed by atoms with E-state index in [1.165, 1.54) is 7.11 Å². The lowest BCUT2D eigenvalue weighted by atomic mass is 10.0. The van der Waals surface area contributed by atoms with E-state index >= 15 is 0 Å². The van der Waals surface area contributed by atoms with Crippen LogP contribution in [0.2, 0.25) is 0 Å². The Morgan fingerprint density at radius 2 is 2.00 bits per heavy atom. The molecule has 1 saturated heterocycles. The van der Waals surface area contributed by atoms with E-state index in [9.17, 15) is 9.59 Å². The van der Waals surface area contributed by atoms with Gasteiger partial charge in [-0.05, 0) is 51.0 Å². The van der Waals surface area contributed by atoms with Crippen molar-refractivity contribution in [3.8, 4) is 0 Å². The maximum Gasteiger partial charge on any atom is 0.337 e. The normalized spacial score (nSPS) is 16.8. The Balaban J connectivity index is 1.73. The Morgan fingerprint density at radius 1 is 1.28 bits per heavy atom. The van der Waals surface area contributed by atoms with Crippen LogP contribution in [0.4, 0.5) is 10.5 Å². The van der Waals surface area contributed by atoms with Crippen molar-refractivity contribution in [2.24, 2.45) is 0 Å². The van der Waals surface area contributed by atoms with Crippen LogP contribution in [0.15, 0.2) is 28.8 Å². The zero-order valence-electron chi connectivity index (χ0n) is 14.5. The van der Waals surface area contributed by atoms with Crippen LogP contribution in [-0.2, 0) is 4.74 Å². The SMILES string of the molecule is COC(=O)c1ccc(NC(=O)N2CCCC2c2c(C)noc2C)cc1. The molecule has 7 nitrogen and oxygen atoms in total. The molecule has 0 radical (unpaired) electrons. The number of esters is 1. The molecular formula is C18H21N3O4. The summed E-state index contributed by atoms with van der Waals surface area (Å²) in [5.74, 6) is 0.348. The summed E-state index contributed by atoms with van der Waals surface area (Å²) in [6, 6.07) is 6.42. The number of hydrogen-bond donors (Lipinski definition) is 1. The second-order valence-electron chi connectivity index (χ2n) is 6.09. The monoisotopic (exact) mass is 343 g/mol. The number of benzene rings is 1. The minimum Gasteiger partial charge on any atom is -0.465 e. The third-order valence-electron chi connectivity index (χ3n) is 4.49. The maximum atomic E-state index is 12.7. The van der Waals surface area contributed by atoms with Crippen LogP contribution in [-0.4, -0.2) is 35.7 Å². The molecule has 2 heterocycles. The molecule has 132 valence electrons. The molecule has 0 spiro atoms. The highest BCUT2D eigenvalue weighted by molar-refractivity contribution is 5.92. The standard InChI is InChI=1S/C18H21N3O4/c1-11-16(12(2)25-20-11)15-5-4-10-21(15)18(23)19-14-8-6-13(7-9-14)17(22)24-3/h6-9,15H,4-5,10H2,1-3H3,(H,19,23). The van der Waals surface area contributed by atoms with Crippen molar-refractivity contribution < 1.29 is 18.8 Å². The van der Waals surface area contributed by atoms with Gasteiger partial charge in [0.15, 0.2) is 0 Å². The van der Waals surface area contributed by atoms with Crippen molar-refractivity contribution >= 4 is 17.7 Å². The Hall–Kier alpha value is -2.83. The first-order chi connectivity index (χ1) is 12.0. The molecule has 1 unspecified atom stereocenters. The van der Waals surface area contributed by atoms with Gasteiger partial charge in [-0.3, -0.25) is 0 Å². The average Bonchev–Trinajstić information content (AvgIpc) is 3.21. The van der Waals surface area contributed by atoms with E-state index in [1.54, 1.807) is 29.2 Å². The summed E-state index contributed by atoms with van der Waals surface area (Å²) in [5.41, 5.74) is 2.88. The van der Waals surface area contributed by atoms with Crippen molar-refractivity contribution in [2.75, 3.05) is 19.0 Å². The number of amides is 2. The van der Waals surface area contributed by atoms with Crippen molar-refractivity contribution in [3.05, 3.63) is 46.8 Å². The number of ether oxygens (including phenoxy) is 1. The number of likely N-dealkylation sites (tertiary alicyclic amines) is 1. The van der Waals surface area contributed by atoms with E-state index in [0.29, 0.717) is 17.8 Å². The van der Waals surface area contributed by atoms with Gasteiger partial charge in [-0.25, -0.2) is 9.59 Å². The summed E-state index contributed by atoms with van der Waals surface area (Å²) in [6.45, 7) is 4.45. The largest absolute Gasteiger partial charge is 0.465 e. The molecule has 0 aliphatic carbocycles. The quantitative estimate of drug-likeness (QED) is 0.863. The minimum atomic E-state index is -0.407. The van der Waals surface area contributed by atoms with Crippen LogP contribution >= 0.6 is 0 Å². The summed E-state index contributed by atoms with van der Waals surface area (Å²) in [6.07, 6.45) is 1.82. The van der Waals surface area contributed by atoms with Gasteiger partial charge in [0.05, 0.1) is 24.4 Å². The molecule has 0 saturated carbocycles. The molecule has 25 heavy (non-hydrogen) atoms. The smallest absolute Gasteiger partial charge is 0.337 e. The number of anilines is 1. The zero-order chi connectivity index (χ0) is 18.0. The molecule has 1 fully saturated rings. The molecule has 2 aromatic rings. The summed E-state index contributed by atoms with van der Waals surface area (Å²) in [4.78, 5) is 26.0. The van der Waals surface area contributed by atoms with Crippen LogP contribution < -0.4 is 5.32 Å². The molecular weight excluding hydrogens is 322 g/mol. The number of urea groups is 1. The molecule has 0 bridgehead atoms. The number of carbonyl (C=O) groups excluding carboxylic acids is 2. The van der Waals surface area contributed by atoms with E-state index in [4.69, 9.17) is 4.52 Å². The summed E-state index contributed by atoms with van der Waals surface area (Å²) < 4.78 is 9.92. The fraction of sp³-hybridized carbons (Fsp3) is 0.389. The third-order valence-corrected chi connectivity index (χ3v) is 4.49. The maximum absolute atomic E-state index is 12.7. The third kappa shape index (κ3) is 3.35. The van der Waals surface area contributed by atoms with Crippen LogP contribution in [0.5, 0.6) is 0 Å². The minimum absolute atomic E-state index is 0.0272. The fourth-order valence-corrected chi connectivity index (χ4v) is 3.28. The van der Waals surface area contributed by atoms with E-state index in [-0.39, 0.29) is 12.1 Å². The summed E-state index contributed by atoms with van der Waals surface area (Å²) >= 11 is 0. The second kappa shape index (κ2) is 6.96. The predicted molar refractivity (Wildman–Crippen MR) is 91.5 cm³/mol. The predicted octanol–water partition coefficient (Wildman–Crippen LogP) is 3.45. The highest BCUT2D eigenvalue weighted by Gasteiger charge is 2.33. The van der Waals surface area contributed by atoms with Crippen LogP contribution in [0.1, 0.15) is 46.3 Å². The molecule has 2 amide bonds. The van der Waals surface area contributed by atoms with Gasteiger partial charge >= 0.3 is 12.0 Å². The van der Waals surface area contributed by atoms with E-state index < -0.39 is 5.97 Å². The van der Waals surface area contributed by atoms with Gasteiger partial charge in [0.2, 0.25) is 0 Å². The second-order valence-corrected chi connectivity index (χ2v) is 6.09. The molecule has 7 heteroatoms. The highest BCUT2D eigenvalue weighted by atomic mass is 16.5. The van der Waals surface area contributed by atoms with Crippen molar-refractivity contribution in [1.82, 2.24) is 10.1 Å². The molecule has 1 N–H and O–H groups in total. The highest BCUT2D eigenvalue weighted by Crippen LogP contribution is 2.35. The fourth-order valence-electron chi connectivity index (χ4n) is 3.28. The van der Waals surface area contributed by atoms with Crippen LogP contribution in [0.25, 0.3) is 0 Å². The first kappa shape index (κ1) is 17.0. The molecule has 1 atom stereocenters. The number of aryl methyl sites for hydroxylation is 2. The van der Waals surface area contributed by atoms with Gasteiger partial charge < -0.3 is 19.5 Å². The molecule has 3 rings (SSSR count). The van der Waals surface area contributed by atoms with Gasteiger partial charge in [0, 0.05) is 17.8 Å². The van der Waals surface area contributed by atoms with Gasteiger partial charge in [0.1, 0.15) is 5.76 Å².